The van der Waals surface area contributed by atoms with Gasteiger partial charge in [-0.2, -0.15) is 0 Å². The summed E-state index contributed by atoms with van der Waals surface area (Å²) in [6, 6.07) is 0. The molecule has 2 rings (SSSR count). The van der Waals surface area contributed by atoms with Gasteiger partial charge in [0.25, 0.3) is 0 Å². The first-order valence-electron chi connectivity index (χ1n) is 5.03. The Hall–Kier alpha value is -0.450. The van der Waals surface area contributed by atoms with E-state index >= 15 is 0 Å². The van der Waals surface area contributed by atoms with E-state index in [1.165, 1.54) is 5.01 Å². The average molecular weight is 213 g/mol. The lowest BCUT2D eigenvalue weighted by Gasteiger charge is -2.19. The van der Waals surface area contributed by atoms with Crippen LogP contribution >= 0.6 is 11.3 Å². The fraction of sp³-hybridized carbons (Fsp3) is 0.700. The lowest BCUT2D eigenvalue weighted by molar-refractivity contribution is 0.0852. The van der Waals surface area contributed by atoms with E-state index in [9.17, 15) is 0 Å². The standard InChI is InChI=1S/C10H15NO2S/c12-4-1-9-7-14-10(11-9)8-2-5-13-6-3-8/h7-8,12H,1-6H2. The molecule has 0 saturated carbocycles. The first-order chi connectivity index (χ1) is 6.90. The topological polar surface area (TPSA) is 42.4 Å². The summed E-state index contributed by atoms with van der Waals surface area (Å²) in [4.78, 5) is 4.53. The Morgan fingerprint density at radius 1 is 1.50 bits per heavy atom. The summed E-state index contributed by atoms with van der Waals surface area (Å²) >= 11 is 1.72. The second kappa shape index (κ2) is 4.87. The van der Waals surface area contributed by atoms with Gasteiger partial charge >= 0.3 is 0 Å². The van der Waals surface area contributed by atoms with Gasteiger partial charge in [0.2, 0.25) is 0 Å². The molecule has 0 spiro atoms. The maximum Gasteiger partial charge on any atom is 0.0960 e. The molecule has 2 heterocycles. The predicted molar refractivity (Wildman–Crippen MR) is 55.7 cm³/mol. The van der Waals surface area contributed by atoms with Gasteiger partial charge in [0.15, 0.2) is 0 Å². The van der Waals surface area contributed by atoms with Crippen LogP contribution in [0.1, 0.15) is 29.5 Å². The molecule has 0 atom stereocenters. The molecule has 0 radical (unpaired) electrons. The number of aliphatic hydroxyl groups is 1. The largest absolute Gasteiger partial charge is 0.396 e. The van der Waals surface area contributed by atoms with E-state index in [0.717, 1.165) is 31.7 Å². The van der Waals surface area contributed by atoms with Gasteiger partial charge in [0, 0.05) is 37.5 Å². The number of nitrogens with zero attached hydrogens (tertiary/aromatic N) is 1. The van der Waals surface area contributed by atoms with E-state index in [4.69, 9.17) is 9.84 Å². The quantitative estimate of drug-likeness (QED) is 0.828. The van der Waals surface area contributed by atoms with Crippen molar-refractivity contribution in [1.82, 2.24) is 4.98 Å². The third-order valence-corrected chi connectivity index (χ3v) is 3.56. The molecule has 0 bridgehead atoms. The molecule has 14 heavy (non-hydrogen) atoms. The Balaban J connectivity index is 2.00. The summed E-state index contributed by atoms with van der Waals surface area (Å²) in [6.07, 6.45) is 2.86. The van der Waals surface area contributed by atoms with Crippen LogP contribution in [0.25, 0.3) is 0 Å². The molecular weight excluding hydrogens is 198 g/mol. The van der Waals surface area contributed by atoms with Crippen LogP contribution in [0.3, 0.4) is 0 Å². The number of ether oxygens (including phenoxy) is 1. The SMILES string of the molecule is OCCc1csc(C2CCOCC2)n1. The number of thiazole rings is 1. The van der Waals surface area contributed by atoms with Gasteiger partial charge < -0.3 is 9.84 Å². The number of aliphatic hydroxyl groups excluding tert-OH is 1. The van der Waals surface area contributed by atoms with Crippen molar-refractivity contribution in [3.63, 3.8) is 0 Å². The highest BCUT2D eigenvalue weighted by Crippen LogP contribution is 2.29. The van der Waals surface area contributed by atoms with Gasteiger partial charge in [-0.1, -0.05) is 0 Å². The first kappa shape index (κ1) is 10.1. The van der Waals surface area contributed by atoms with E-state index in [1.54, 1.807) is 11.3 Å². The molecule has 1 N–H and O–H groups in total. The summed E-state index contributed by atoms with van der Waals surface area (Å²) in [5.74, 6) is 0.584. The minimum absolute atomic E-state index is 0.191. The zero-order valence-corrected chi connectivity index (χ0v) is 8.92. The van der Waals surface area contributed by atoms with Crippen molar-refractivity contribution in [1.29, 1.82) is 0 Å². The third kappa shape index (κ3) is 2.32. The van der Waals surface area contributed by atoms with Crippen molar-refractivity contribution in [3.05, 3.63) is 16.1 Å². The van der Waals surface area contributed by atoms with Gasteiger partial charge in [0.1, 0.15) is 0 Å². The molecule has 1 fully saturated rings. The van der Waals surface area contributed by atoms with Gasteiger partial charge in [-0.3, -0.25) is 0 Å². The molecule has 4 heteroatoms. The fourth-order valence-corrected chi connectivity index (χ4v) is 2.71. The van der Waals surface area contributed by atoms with Crippen LogP contribution in [-0.2, 0) is 11.2 Å². The lowest BCUT2D eigenvalue weighted by Crippen LogP contribution is -2.13. The Labute approximate surface area is 87.7 Å². The van der Waals surface area contributed by atoms with E-state index < -0.39 is 0 Å². The summed E-state index contributed by atoms with van der Waals surface area (Å²) < 4.78 is 5.31. The number of rotatable bonds is 3. The molecule has 1 saturated heterocycles. The molecule has 0 aromatic carbocycles. The predicted octanol–water partition coefficient (Wildman–Crippen LogP) is 1.57. The molecule has 1 aliphatic rings. The van der Waals surface area contributed by atoms with Crippen LogP contribution in [-0.4, -0.2) is 29.9 Å². The minimum Gasteiger partial charge on any atom is -0.396 e. The van der Waals surface area contributed by atoms with E-state index in [-0.39, 0.29) is 6.61 Å². The molecule has 3 nitrogen and oxygen atoms in total. The molecular formula is C10H15NO2S. The highest BCUT2D eigenvalue weighted by atomic mass is 32.1. The van der Waals surface area contributed by atoms with Crippen molar-refractivity contribution in [2.24, 2.45) is 0 Å². The smallest absolute Gasteiger partial charge is 0.0960 e. The van der Waals surface area contributed by atoms with E-state index in [0.29, 0.717) is 12.3 Å². The molecule has 0 amide bonds. The van der Waals surface area contributed by atoms with Crippen molar-refractivity contribution in [2.75, 3.05) is 19.8 Å². The van der Waals surface area contributed by atoms with Crippen LogP contribution in [0.2, 0.25) is 0 Å². The first-order valence-corrected chi connectivity index (χ1v) is 5.91. The van der Waals surface area contributed by atoms with Crippen LogP contribution in [0.4, 0.5) is 0 Å². The molecule has 1 aromatic heterocycles. The Bertz CT molecular complexity index is 281. The van der Waals surface area contributed by atoms with Gasteiger partial charge in [-0.25, -0.2) is 4.98 Å². The molecule has 0 aliphatic carbocycles. The highest BCUT2D eigenvalue weighted by Gasteiger charge is 2.18. The Morgan fingerprint density at radius 2 is 2.29 bits per heavy atom. The van der Waals surface area contributed by atoms with Crippen molar-refractivity contribution >= 4 is 11.3 Å². The van der Waals surface area contributed by atoms with E-state index in [1.807, 2.05) is 0 Å². The second-order valence-electron chi connectivity index (χ2n) is 3.54. The Kier molecular flexibility index (Phi) is 3.50. The van der Waals surface area contributed by atoms with E-state index in [2.05, 4.69) is 10.4 Å². The maximum absolute atomic E-state index is 8.78. The Morgan fingerprint density at radius 3 is 3.00 bits per heavy atom. The number of hydrogen-bond acceptors (Lipinski definition) is 4. The number of hydrogen-bond donors (Lipinski definition) is 1. The van der Waals surface area contributed by atoms with Crippen LogP contribution < -0.4 is 0 Å². The van der Waals surface area contributed by atoms with Crippen molar-refractivity contribution < 1.29 is 9.84 Å². The fourth-order valence-electron chi connectivity index (χ4n) is 1.68. The van der Waals surface area contributed by atoms with Gasteiger partial charge in [0.05, 0.1) is 10.7 Å². The average Bonchev–Trinajstić information content (AvgIpc) is 2.68. The van der Waals surface area contributed by atoms with Crippen LogP contribution in [0.5, 0.6) is 0 Å². The normalized spacial score (nSPS) is 18.6. The summed E-state index contributed by atoms with van der Waals surface area (Å²) in [7, 11) is 0. The van der Waals surface area contributed by atoms with Crippen molar-refractivity contribution in [3.8, 4) is 0 Å². The van der Waals surface area contributed by atoms with Gasteiger partial charge in [-0.05, 0) is 12.8 Å². The third-order valence-electron chi connectivity index (χ3n) is 2.51. The summed E-state index contributed by atoms with van der Waals surface area (Å²) in [6.45, 7) is 1.91. The zero-order chi connectivity index (χ0) is 9.80. The highest BCUT2D eigenvalue weighted by molar-refractivity contribution is 7.09. The lowest BCUT2D eigenvalue weighted by atomic mass is 10.0. The summed E-state index contributed by atoms with van der Waals surface area (Å²) in [5, 5.41) is 12.1. The minimum atomic E-state index is 0.191. The van der Waals surface area contributed by atoms with Gasteiger partial charge in [-0.15, -0.1) is 11.3 Å². The van der Waals surface area contributed by atoms with Crippen molar-refractivity contribution in [2.45, 2.75) is 25.2 Å². The van der Waals surface area contributed by atoms with Crippen LogP contribution in [0, 0.1) is 0 Å². The zero-order valence-electron chi connectivity index (χ0n) is 8.11. The molecule has 78 valence electrons. The van der Waals surface area contributed by atoms with Crippen LogP contribution in [0.15, 0.2) is 5.38 Å². The molecule has 1 aliphatic heterocycles. The number of aromatic nitrogens is 1. The second-order valence-corrected chi connectivity index (χ2v) is 4.43. The maximum atomic E-state index is 8.78. The molecule has 0 unspecified atom stereocenters. The monoisotopic (exact) mass is 213 g/mol. The molecule has 1 aromatic rings. The summed E-state index contributed by atoms with van der Waals surface area (Å²) in [5.41, 5.74) is 1.03.